The third kappa shape index (κ3) is 3.28. The van der Waals surface area contributed by atoms with E-state index in [1.807, 2.05) is 53.5 Å². The summed E-state index contributed by atoms with van der Waals surface area (Å²) >= 11 is 0. The fourth-order valence-corrected chi connectivity index (χ4v) is 2.83. The Labute approximate surface area is 136 Å². The van der Waals surface area contributed by atoms with Crippen LogP contribution in [0.15, 0.2) is 42.5 Å². The van der Waals surface area contributed by atoms with Gasteiger partial charge in [0.05, 0.1) is 11.4 Å². The Hall–Kier alpha value is -2.56. The third-order valence-electron chi connectivity index (χ3n) is 3.80. The lowest BCUT2D eigenvalue weighted by Crippen LogP contribution is -2.28. The van der Waals surface area contributed by atoms with Gasteiger partial charge in [-0.25, -0.2) is 9.36 Å². The molecule has 0 unspecified atom stereocenters. The Morgan fingerprint density at radius 3 is 1.83 bits per heavy atom. The Morgan fingerprint density at radius 1 is 0.870 bits per heavy atom. The van der Waals surface area contributed by atoms with Crippen molar-refractivity contribution in [2.45, 2.75) is 33.9 Å². The molecule has 0 N–H and O–H groups in total. The molecule has 5 nitrogen and oxygen atoms in total. The van der Waals surface area contributed by atoms with Gasteiger partial charge >= 0.3 is 0 Å². The highest BCUT2D eigenvalue weighted by Crippen LogP contribution is 2.19. The van der Waals surface area contributed by atoms with E-state index >= 15 is 0 Å². The maximum Gasteiger partial charge on any atom is 0.177 e. The van der Waals surface area contributed by atoms with E-state index in [4.69, 9.17) is 4.74 Å². The van der Waals surface area contributed by atoms with Crippen LogP contribution in [0.5, 0.6) is 5.75 Å². The van der Waals surface area contributed by atoms with E-state index in [1.54, 1.807) is 0 Å². The molecule has 2 aromatic heterocycles. The predicted octanol–water partition coefficient (Wildman–Crippen LogP) is 3.44. The lowest BCUT2D eigenvalue weighted by atomic mass is 10.3. The van der Waals surface area contributed by atoms with E-state index in [0.717, 1.165) is 28.5 Å². The van der Waals surface area contributed by atoms with Crippen molar-refractivity contribution in [2.24, 2.45) is 0 Å². The molecule has 3 rings (SSSR count). The van der Waals surface area contributed by atoms with Gasteiger partial charge in [-0.3, -0.25) is 0 Å². The Kier molecular flexibility index (Phi) is 4.19. The number of hydrogen-bond donors (Lipinski definition) is 0. The van der Waals surface area contributed by atoms with E-state index in [0.29, 0.717) is 6.61 Å². The summed E-state index contributed by atoms with van der Waals surface area (Å²) in [5, 5.41) is 9.25. The summed E-state index contributed by atoms with van der Waals surface area (Å²) in [4.78, 5) is 0. The highest BCUT2D eigenvalue weighted by atomic mass is 16.5. The number of aromatic nitrogens is 4. The van der Waals surface area contributed by atoms with Crippen molar-refractivity contribution in [2.75, 3.05) is 6.61 Å². The second-order valence-electron chi connectivity index (χ2n) is 5.85. The standard InChI is InChI=1S/C18H22N4O/c1-13-10-15(3)21(19-13)18(22-16(4)11-14(2)20-22)12-23-17-8-6-5-7-9-17/h5-11,18H,12H2,1-4H3. The molecular weight excluding hydrogens is 288 g/mol. The first kappa shape index (κ1) is 15.3. The van der Waals surface area contributed by atoms with Crippen LogP contribution in [0.25, 0.3) is 0 Å². The summed E-state index contributed by atoms with van der Waals surface area (Å²) in [5.74, 6) is 0.848. The summed E-state index contributed by atoms with van der Waals surface area (Å²) in [7, 11) is 0. The minimum absolute atomic E-state index is 0.113. The first-order valence-electron chi connectivity index (χ1n) is 7.78. The number of aryl methyl sites for hydroxylation is 4. The van der Waals surface area contributed by atoms with E-state index in [1.165, 1.54) is 0 Å². The molecule has 2 heterocycles. The van der Waals surface area contributed by atoms with Crippen LogP contribution in [0.3, 0.4) is 0 Å². The van der Waals surface area contributed by atoms with Crippen LogP contribution >= 0.6 is 0 Å². The summed E-state index contributed by atoms with van der Waals surface area (Å²) in [5.41, 5.74) is 4.18. The van der Waals surface area contributed by atoms with Crippen molar-refractivity contribution in [3.05, 3.63) is 65.2 Å². The van der Waals surface area contributed by atoms with Gasteiger partial charge in [-0.2, -0.15) is 10.2 Å². The van der Waals surface area contributed by atoms with Gasteiger partial charge < -0.3 is 4.74 Å². The summed E-state index contributed by atoms with van der Waals surface area (Å²) < 4.78 is 9.95. The van der Waals surface area contributed by atoms with Crippen LogP contribution in [0.2, 0.25) is 0 Å². The Balaban J connectivity index is 1.93. The first-order valence-corrected chi connectivity index (χ1v) is 7.78. The second kappa shape index (κ2) is 6.28. The van der Waals surface area contributed by atoms with E-state index in [9.17, 15) is 0 Å². The predicted molar refractivity (Wildman–Crippen MR) is 89.8 cm³/mol. The molecule has 0 aliphatic carbocycles. The molecule has 0 amide bonds. The molecule has 0 bridgehead atoms. The molecule has 5 heteroatoms. The van der Waals surface area contributed by atoms with Crippen molar-refractivity contribution in [1.82, 2.24) is 19.6 Å². The number of hydrogen-bond acceptors (Lipinski definition) is 3. The highest BCUT2D eigenvalue weighted by molar-refractivity contribution is 5.21. The van der Waals surface area contributed by atoms with Crippen molar-refractivity contribution < 1.29 is 4.74 Å². The zero-order valence-electron chi connectivity index (χ0n) is 14.0. The largest absolute Gasteiger partial charge is 0.489 e. The minimum atomic E-state index is -0.113. The molecule has 0 aliphatic rings. The van der Waals surface area contributed by atoms with E-state index in [2.05, 4.69) is 36.2 Å². The quantitative estimate of drug-likeness (QED) is 0.725. The minimum Gasteiger partial charge on any atom is -0.489 e. The molecule has 120 valence electrons. The smallest absolute Gasteiger partial charge is 0.177 e. The zero-order chi connectivity index (χ0) is 16.4. The normalized spacial score (nSPS) is 11.2. The van der Waals surface area contributed by atoms with Crippen LogP contribution in [-0.2, 0) is 0 Å². The highest BCUT2D eigenvalue weighted by Gasteiger charge is 2.20. The van der Waals surface area contributed by atoms with Crippen molar-refractivity contribution in [1.29, 1.82) is 0 Å². The SMILES string of the molecule is Cc1cc(C)n(C(COc2ccccc2)n2nc(C)cc2C)n1. The number of ether oxygens (including phenoxy) is 1. The molecule has 0 aliphatic heterocycles. The summed E-state index contributed by atoms with van der Waals surface area (Å²) in [6, 6.07) is 14.0. The molecule has 0 saturated carbocycles. The third-order valence-corrected chi connectivity index (χ3v) is 3.80. The average Bonchev–Trinajstić information content (AvgIpc) is 3.02. The van der Waals surface area contributed by atoms with Crippen LogP contribution in [0.4, 0.5) is 0 Å². The number of benzene rings is 1. The fourth-order valence-electron chi connectivity index (χ4n) is 2.83. The topological polar surface area (TPSA) is 44.9 Å². The number of para-hydroxylation sites is 1. The maximum atomic E-state index is 5.98. The van der Waals surface area contributed by atoms with Crippen molar-refractivity contribution in [3.8, 4) is 5.75 Å². The van der Waals surface area contributed by atoms with E-state index < -0.39 is 0 Å². The van der Waals surface area contributed by atoms with Crippen LogP contribution in [0, 0.1) is 27.7 Å². The van der Waals surface area contributed by atoms with Gasteiger partial charge in [-0.15, -0.1) is 0 Å². The Morgan fingerprint density at radius 2 is 1.39 bits per heavy atom. The monoisotopic (exact) mass is 310 g/mol. The number of nitrogens with zero attached hydrogens (tertiary/aromatic N) is 4. The molecule has 3 aromatic rings. The molecule has 23 heavy (non-hydrogen) atoms. The Bertz CT molecular complexity index is 742. The van der Waals surface area contributed by atoms with Crippen molar-refractivity contribution >= 4 is 0 Å². The zero-order valence-corrected chi connectivity index (χ0v) is 14.0. The van der Waals surface area contributed by atoms with Gasteiger partial charge in [-0.05, 0) is 52.0 Å². The van der Waals surface area contributed by atoms with Gasteiger partial charge in [0.15, 0.2) is 6.17 Å². The van der Waals surface area contributed by atoms with Gasteiger partial charge in [0, 0.05) is 11.4 Å². The molecule has 1 aromatic carbocycles. The maximum absolute atomic E-state index is 5.98. The molecule has 0 spiro atoms. The van der Waals surface area contributed by atoms with E-state index in [-0.39, 0.29) is 6.17 Å². The average molecular weight is 310 g/mol. The van der Waals surface area contributed by atoms with Crippen molar-refractivity contribution in [3.63, 3.8) is 0 Å². The summed E-state index contributed by atoms with van der Waals surface area (Å²) in [6.07, 6.45) is -0.113. The molecule has 0 radical (unpaired) electrons. The van der Waals surface area contributed by atoms with Crippen LogP contribution in [0.1, 0.15) is 28.9 Å². The van der Waals surface area contributed by atoms with Crippen LogP contribution in [-0.4, -0.2) is 26.2 Å². The molecule has 0 atom stereocenters. The number of rotatable bonds is 5. The lowest BCUT2D eigenvalue weighted by molar-refractivity contribution is 0.200. The second-order valence-corrected chi connectivity index (χ2v) is 5.85. The lowest BCUT2D eigenvalue weighted by Gasteiger charge is -2.22. The molecular formula is C18H22N4O. The molecule has 0 fully saturated rings. The van der Waals surface area contributed by atoms with Gasteiger partial charge in [0.25, 0.3) is 0 Å². The first-order chi connectivity index (χ1) is 11.0. The molecule has 0 saturated heterocycles. The fraction of sp³-hybridized carbons (Fsp3) is 0.333. The van der Waals surface area contributed by atoms with Gasteiger partial charge in [0.1, 0.15) is 12.4 Å². The van der Waals surface area contributed by atoms with Crippen LogP contribution < -0.4 is 4.74 Å². The van der Waals surface area contributed by atoms with Gasteiger partial charge in [0.2, 0.25) is 0 Å². The van der Waals surface area contributed by atoms with Gasteiger partial charge in [-0.1, -0.05) is 18.2 Å². The summed E-state index contributed by atoms with van der Waals surface area (Å²) in [6.45, 7) is 8.58.